The highest BCUT2D eigenvalue weighted by Crippen LogP contribution is 2.31. The van der Waals surface area contributed by atoms with Gasteiger partial charge in [-0.05, 0) is 58.2 Å². The zero-order valence-electron chi connectivity index (χ0n) is 25.0. The van der Waals surface area contributed by atoms with Crippen LogP contribution in [-0.2, 0) is 19.1 Å². The highest BCUT2D eigenvalue weighted by atomic mass is 16.6. The van der Waals surface area contributed by atoms with Gasteiger partial charge in [-0.3, -0.25) is 39.1 Å². The molecule has 13 nitrogen and oxygen atoms in total. The Morgan fingerprint density at radius 1 is 0.930 bits per heavy atom. The molecule has 0 spiro atoms. The number of piperidine rings is 2. The highest BCUT2D eigenvalue weighted by molar-refractivity contribution is 6.23. The van der Waals surface area contributed by atoms with Crippen LogP contribution in [0.3, 0.4) is 0 Å². The Balaban J connectivity index is 1.07. The average molecular weight is 597 g/mol. The number of piperazine rings is 1. The molecule has 2 N–H and O–H groups in total. The molecule has 4 aliphatic heterocycles. The van der Waals surface area contributed by atoms with E-state index in [4.69, 9.17) is 4.74 Å². The molecule has 1 atom stereocenters. The third-order valence-corrected chi connectivity index (χ3v) is 8.37. The average Bonchev–Trinajstić information content (AvgIpc) is 3.20. The summed E-state index contributed by atoms with van der Waals surface area (Å²) in [5, 5.41) is 5.11. The van der Waals surface area contributed by atoms with Gasteiger partial charge in [0.15, 0.2) is 0 Å². The minimum Gasteiger partial charge on any atom is -0.444 e. The van der Waals surface area contributed by atoms with E-state index in [9.17, 15) is 28.8 Å². The van der Waals surface area contributed by atoms with E-state index < -0.39 is 41.4 Å². The van der Waals surface area contributed by atoms with Gasteiger partial charge >= 0.3 is 6.09 Å². The first-order valence-corrected chi connectivity index (χ1v) is 15.0. The number of nitrogens with zero attached hydrogens (tertiary/aromatic N) is 4. The summed E-state index contributed by atoms with van der Waals surface area (Å²) in [6, 6.07) is 4.18. The number of carbonyl (C=O) groups is 6. The van der Waals surface area contributed by atoms with Crippen molar-refractivity contribution in [2.45, 2.75) is 70.6 Å². The van der Waals surface area contributed by atoms with Crippen LogP contribution in [0.15, 0.2) is 18.2 Å². The third kappa shape index (κ3) is 6.98. The third-order valence-electron chi connectivity index (χ3n) is 8.37. The van der Waals surface area contributed by atoms with Crippen LogP contribution in [0.2, 0.25) is 0 Å². The fourth-order valence-electron chi connectivity index (χ4n) is 6.04. The summed E-state index contributed by atoms with van der Waals surface area (Å²) >= 11 is 0. The molecule has 1 aromatic rings. The van der Waals surface area contributed by atoms with Crippen LogP contribution in [0.1, 0.15) is 73.6 Å². The molecular formula is C30H40N6O7. The Morgan fingerprint density at radius 3 is 2.26 bits per heavy atom. The molecule has 232 valence electrons. The highest BCUT2D eigenvalue weighted by Gasteiger charge is 2.44. The number of hydrogen-bond donors (Lipinski definition) is 2. The molecule has 0 saturated carbocycles. The Bertz CT molecular complexity index is 1310. The van der Waals surface area contributed by atoms with Crippen molar-refractivity contribution in [2.24, 2.45) is 0 Å². The van der Waals surface area contributed by atoms with E-state index in [1.54, 1.807) is 12.1 Å². The fraction of sp³-hybridized carbons (Fsp3) is 0.600. The van der Waals surface area contributed by atoms with E-state index in [0.29, 0.717) is 52.0 Å². The van der Waals surface area contributed by atoms with Crippen molar-refractivity contribution in [1.29, 1.82) is 0 Å². The second-order valence-corrected chi connectivity index (χ2v) is 12.6. The predicted octanol–water partition coefficient (Wildman–Crippen LogP) is 1.12. The van der Waals surface area contributed by atoms with Crippen LogP contribution in [0, 0.1) is 0 Å². The standard InChI is InChI=1S/C30H40N6O7/c1-30(2,3)43-29(42)31-19-8-12-35(13-9-19)25(38)10-11-33-14-16-34(17-15-33)20-4-5-21-22(18-20)28(41)36(27(21)40)23-6-7-24(37)32-26(23)39/h4-5,18-19,23H,6-17H2,1-3H3,(H,31,42)(H,32,37,39). The zero-order valence-corrected chi connectivity index (χ0v) is 25.0. The smallest absolute Gasteiger partial charge is 0.407 e. The molecular weight excluding hydrogens is 556 g/mol. The lowest BCUT2D eigenvalue weighted by Gasteiger charge is -2.37. The van der Waals surface area contributed by atoms with Crippen molar-refractivity contribution < 1.29 is 33.5 Å². The van der Waals surface area contributed by atoms with Crippen molar-refractivity contribution >= 4 is 41.3 Å². The van der Waals surface area contributed by atoms with E-state index >= 15 is 0 Å². The molecule has 1 unspecified atom stereocenters. The van der Waals surface area contributed by atoms with Crippen molar-refractivity contribution in [1.82, 2.24) is 25.3 Å². The van der Waals surface area contributed by atoms with E-state index in [-0.39, 0.29) is 35.9 Å². The summed E-state index contributed by atoms with van der Waals surface area (Å²) in [6.45, 7) is 10.2. The van der Waals surface area contributed by atoms with Gasteiger partial charge in [0.1, 0.15) is 11.6 Å². The Labute approximate surface area is 250 Å². The maximum atomic E-state index is 13.2. The first kappa shape index (κ1) is 30.5. The predicted molar refractivity (Wildman–Crippen MR) is 155 cm³/mol. The largest absolute Gasteiger partial charge is 0.444 e. The van der Waals surface area contributed by atoms with Crippen molar-refractivity contribution in [3.63, 3.8) is 0 Å². The lowest BCUT2D eigenvalue weighted by Crippen LogP contribution is -2.54. The summed E-state index contributed by atoms with van der Waals surface area (Å²) in [4.78, 5) is 82.1. The number of alkyl carbamates (subject to hydrolysis) is 1. The summed E-state index contributed by atoms with van der Waals surface area (Å²) in [7, 11) is 0. The molecule has 4 aliphatic rings. The fourth-order valence-corrected chi connectivity index (χ4v) is 6.04. The number of likely N-dealkylation sites (tertiary alicyclic amines) is 1. The summed E-state index contributed by atoms with van der Waals surface area (Å²) in [5.41, 5.74) is 0.808. The number of nitrogens with one attached hydrogen (secondary N) is 2. The van der Waals surface area contributed by atoms with Crippen LogP contribution in [-0.4, -0.2) is 114 Å². The Hall–Kier alpha value is -4.00. The topological polar surface area (TPSA) is 149 Å². The van der Waals surface area contributed by atoms with Gasteiger partial charge in [-0.25, -0.2) is 4.79 Å². The van der Waals surface area contributed by atoms with Crippen molar-refractivity contribution in [3.05, 3.63) is 29.3 Å². The lowest BCUT2D eigenvalue weighted by molar-refractivity contribution is -0.136. The number of ether oxygens (including phenoxy) is 1. The number of anilines is 1. The van der Waals surface area contributed by atoms with E-state index in [1.807, 2.05) is 31.7 Å². The van der Waals surface area contributed by atoms with E-state index in [1.165, 1.54) is 0 Å². The van der Waals surface area contributed by atoms with Gasteiger partial charge in [-0.2, -0.15) is 0 Å². The molecule has 0 aromatic heterocycles. The molecule has 0 aliphatic carbocycles. The normalized spacial score (nSPS) is 22.0. The summed E-state index contributed by atoms with van der Waals surface area (Å²) < 4.78 is 5.33. The Kier molecular flexibility index (Phi) is 8.72. The Morgan fingerprint density at radius 2 is 1.60 bits per heavy atom. The van der Waals surface area contributed by atoms with Gasteiger partial charge < -0.3 is 19.9 Å². The van der Waals surface area contributed by atoms with Gasteiger partial charge in [0.25, 0.3) is 11.8 Å². The number of fused-ring (bicyclic) bond motifs is 1. The SMILES string of the molecule is CC(C)(C)OC(=O)NC1CCN(C(=O)CCN2CCN(c3ccc4c(c3)C(=O)N(C3CCC(=O)NC3=O)C4=O)CC2)CC1. The monoisotopic (exact) mass is 596 g/mol. The van der Waals surface area contributed by atoms with Crippen LogP contribution in [0.25, 0.3) is 0 Å². The first-order chi connectivity index (χ1) is 20.4. The molecule has 1 aromatic carbocycles. The number of imide groups is 2. The maximum Gasteiger partial charge on any atom is 0.407 e. The van der Waals surface area contributed by atoms with Crippen LogP contribution < -0.4 is 15.5 Å². The summed E-state index contributed by atoms with van der Waals surface area (Å²) in [5.74, 6) is -1.95. The molecule has 0 bridgehead atoms. The van der Waals surface area contributed by atoms with Crippen molar-refractivity contribution in [2.75, 3.05) is 50.7 Å². The van der Waals surface area contributed by atoms with Crippen LogP contribution >= 0.6 is 0 Å². The number of rotatable bonds is 6. The number of amides is 6. The molecule has 13 heteroatoms. The van der Waals surface area contributed by atoms with Gasteiger partial charge in [-0.1, -0.05) is 0 Å². The van der Waals surface area contributed by atoms with Crippen LogP contribution in [0.4, 0.5) is 10.5 Å². The molecule has 5 rings (SSSR count). The lowest BCUT2D eigenvalue weighted by atomic mass is 10.0. The van der Waals surface area contributed by atoms with E-state index in [2.05, 4.69) is 20.4 Å². The molecule has 6 amide bonds. The zero-order chi connectivity index (χ0) is 30.9. The van der Waals surface area contributed by atoms with Crippen LogP contribution in [0.5, 0.6) is 0 Å². The molecule has 3 fully saturated rings. The number of benzene rings is 1. The van der Waals surface area contributed by atoms with E-state index in [0.717, 1.165) is 23.7 Å². The minimum atomic E-state index is -0.986. The number of carbonyl (C=O) groups excluding carboxylic acids is 6. The first-order valence-electron chi connectivity index (χ1n) is 15.0. The van der Waals surface area contributed by atoms with Gasteiger partial charge in [0, 0.05) is 70.4 Å². The van der Waals surface area contributed by atoms with Gasteiger partial charge in [-0.15, -0.1) is 0 Å². The summed E-state index contributed by atoms with van der Waals surface area (Å²) in [6.07, 6.45) is 1.60. The van der Waals surface area contributed by atoms with Gasteiger partial charge in [0.2, 0.25) is 17.7 Å². The minimum absolute atomic E-state index is 0.000105. The van der Waals surface area contributed by atoms with Crippen molar-refractivity contribution in [3.8, 4) is 0 Å². The van der Waals surface area contributed by atoms with Gasteiger partial charge in [0.05, 0.1) is 11.1 Å². The molecule has 4 heterocycles. The quantitative estimate of drug-likeness (QED) is 0.461. The molecule has 0 radical (unpaired) electrons. The number of hydrogen-bond acceptors (Lipinski definition) is 9. The second kappa shape index (κ2) is 12.3. The molecule has 3 saturated heterocycles. The molecule has 43 heavy (non-hydrogen) atoms. The second-order valence-electron chi connectivity index (χ2n) is 12.6. The maximum absolute atomic E-state index is 13.2.